The molecule has 3 heteroatoms. The summed E-state index contributed by atoms with van der Waals surface area (Å²) in [7, 11) is 0. The van der Waals surface area contributed by atoms with Crippen molar-refractivity contribution in [2.75, 3.05) is 0 Å². The molecule has 0 bridgehead atoms. The van der Waals surface area contributed by atoms with Crippen molar-refractivity contribution < 1.29 is 10.2 Å². The fourth-order valence-electron chi connectivity index (χ4n) is 1.86. The number of nitrogens with zero attached hydrogens (tertiary/aromatic N) is 1. The van der Waals surface area contributed by atoms with E-state index in [1.807, 2.05) is 41.5 Å². The second kappa shape index (κ2) is 4.30. The number of pyridine rings is 1. The van der Waals surface area contributed by atoms with Crippen LogP contribution in [0.3, 0.4) is 0 Å². The Bertz CT molecular complexity index is 411. The van der Waals surface area contributed by atoms with Crippen LogP contribution in [0.5, 0.6) is 5.75 Å². The van der Waals surface area contributed by atoms with Crippen LogP contribution >= 0.6 is 0 Å². The summed E-state index contributed by atoms with van der Waals surface area (Å²) in [4.78, 5) is 4.43. The molecule has 3 nitrogen and oxygen atoms in total. The van der Waals surface area contributed by atoms with Crippen molar-refractivity contribution in [3.63, 3.8) is 0 Å². The van der Waals surface area contributed by atoms with E-state index in [1.165, 1.54) is 0 Å². The Kier molecular flexibility index (Phi) is 3.53. The predicted molar refractivity (Wildman–Crippen MR) is 69.2 cm³/mol. The van der Waals surface area contributed by atoms with Crippen LogP contribution in [-0.2, 0) is 17.4 Å². The van der Waals surface area contributed by atoms with Crippen LogP contribution in [-0.4, -0.2) is 15.2 Å². The Labute approximate surface area is 104 Å². The van der Waals surface area contributed by atoms with Gasteiger partial charge in [-0.1, -0.05) is 41.5 Å². The van der Waals surface area contributed by atoms with Crippen molar-refractivity contribution in [2.45, 2.75) is 59.0 Å². The molecule has 0 fully saturated rings. The Hall–Kier alpha value is -1.09. The van der Waals surface area contributed by atoms with Gasteiger partial charge in [0, 0.05) is 5.41 Å². The number of hydrogen-bond donors (Lipinski definition) is 2. The zero-order valence-electron chi connectivity index (χ0n) is 11.6. The molecule has 0 aliphatic heterocycles. The molecule has 17 heavy (non-hydrogen) atoms. The monoisotopic (exact) mass is 237 g/mol. The van der Waals surface area contributed by atoms with Crippen LogP contribution in [0.1, 0.15) is 58.5 Å². The lowest BCUT2D eigenvalue weighted by molar-refractivity contribution is 0.271. The Morgan fingerprint density at radius 3 is 1.94 bits per heavy atom. The minimum absolute atomic E-state index is 0.101. The zero-order chi connectivity index (χ0) is 13.4. The Morgan fingerprint density at radius 2 is 1.59 bits per heavy atom. The Balaban J connectivity index is 3.46. The van der Waals surface area contributed by atoms with Crippen LogP contribution in [0, 0.1) is 0 Å². The van der Waals surface area contributed by atoms with E-state index in [1.54, 1.807) is 6.07 Å². The number of aliphatic hydroxyl groups is 1. The third kappa shape index (κ3) is 2.97. The van der Waals surface area contributed by atoms with Gasteiger partial charge in [-0.25, -0.2) is 0 Å². The summed E-state index contributed by atoms with van der Waals surface area (Å²) in [5.74, 6) is 0.208. The molecule has 0 aromatic carbocycles. The first-order valence-electron chi connectivity index (χ1n) is 5.92. The zero-order valence-corrected chi connectivity index (χ0v) is 11.6. The van der Waals surface area contributed by atoms with Gasteiger partial charge in [0.15, 0.2) is 0 Å². The highest BCUT2D eigenvalue weighted by Crippen LogP contribution is 2.34. The maximum atomic E-state index is 10.1. The van der Waals surface area contributed by atoms with Crippen LogP contribution in [0.25, 0.3) is 0 Å². The molecule has 2 N–H and O–H groups in total. The normalized spacial score (nSPS) is 12.9. The average molecular weight is 237 g/mol. The third-order valence-electron chi connectivity index (χ3n) is 2.75. The topological polar surface area (TPSA) is 53.4 Å². The fourth-order valence-corrected chi connectivity index (χ4v) is 1.86. The molecule has 0 atom stereocenters. The summed E-state index contributed by atoms with van der Waals surface area (Å²) in [6.45, 7) is 12.0. The molecule has 0 aliphatic carbocycles. The van der Waals surface area contributed by atoms with Gasteiger partial charge in [-0.3, -0.25) is 4.98 Å². The molecule has 1 rings (SSSR count). The highest BCUT2D eigenvalue weighted by molar-refractivity contribution is 5.40. The van der Waals surface area contributed by atoms with Crippen LogP contribution in [0.2, 0.25) is 0 Å². The first-order valence-corrected chi connectivity index (χ1v) is 5.92. The summed E-state index contributed by atoms with van der Waals surface area (Å²) in [5, 5.41) is 19.5. The molecule has 0 radical (unpaired) electrons. The van der Waals surface area contributed by atoms with E-state index in [2.05, 4.69) is 4.98 Å². The van der Waals surface area contributed by atoms with Crippen molar-refractivity contribution >= 4 is 0 Å². The molecule has 0 spiro atoms. The molecular formula is C14H23NO2. The second-order valence-corrected chi connectivity index (χ2v) is 6.51. The van der Waals surface area contributed by atoms with E-state index in [4.69, 9.17) is 0 Å². The first-order chi connectivity index (χ1) is 7.57. The standard InChI is InChI=1S/C14H23NO2/c1-13(2,3)9-7-11(17)12(14(4,5)6)15-10(9)8-16/h7,16-17H,8H2,1-6H3. The lowest BCUT2D eigenvalue weighted by Crippen LogP contribution is -2.20. The predicted octanol–water partition coefficient (Wildman–Crippen LogP) is 2.87. The van der Waals surface area contributed by atoms with E-state index in [-0.39, 0.29) is 23.2 Å². The number of aromatic nitrogens is 1. The summed E-state index contributed by atoms with van der Waals surface area (Å²) >= 11 is 0. The maximum Gasteiger partial charge on any atom is 0.137 e. The fraction of sp³-hybridized carbons (Fsp3) is 0.643. The van der Waals surface area contributed by atoms with Gasteiger partial charge in [0.2, 0.25) is 0 Å². The van der Waals surface area contributed by atoms with Crippen LogP contribution in [0.15, 0.2) is 6.07 Å². The minimum atomic E-state index is -0.232. The van der Waals surface area contributed by atoms with Crippen molar-refractivity contribution in [2.24, 2.45) is 0 Å². The summed E-state index contributed by atoms with van der Waals surface area (Å²) in [5.41, 5.74) is 1.81. The number of rotatable bonds is 1. The highest BCUT2D eigenvalue weighted by atomic mass is 16.3. The smallest absolute Gasteiger partial charge is 0.137 e. The van der Waals surface area contributed by atoms with Gasteiger partial charge < -0.3 is 10.2 Å². The molecule has 1 heterocycles. The molecule has 1 aromatic rings. The first kappa shape index (κ1) is 14.0. The van der Waals surface area contributed by atoms with Crippen LogP contribution in [0.4, 0.5) is 0 Å². The average Bonchev–Trinajstić information content (AvgIpc) is 2.14. The Morgan fingerprint density at radius 1 is 1.06 bits per heavy atom. The van der Waals surface area contributed by atoms with Gasteiger partial charge in [-0.2, -0.15) is 0 Å². The van der Waals surface area contributed by atoms with Crippen molar-refractivity contribution in [1.29, 1.82) is 0 Å². The lowest BCUT2D eigenvalue weighted by atomic mass is 9.83. The summed E-state index contributed by atoms with van der Waals surface area (Å²) in [6.07, 6.45) is 0. The third-order valence-corrected chi connectivity index (χ3v) is 2.75. The molecule has 0 amide bonds. The molecule has 0 saturated carbocycles. The number of hydrogen-bond acceptors (Lipinski definition) is 3. The van der Waals surface area contributed by atoms with E-state index < -0.39 is 0 Å². The van der Waals surface area contributed by atoms with Gasteiger partial charge in [0.05, 0.1) is 18.0 Å². The van der Waals surface area contributed by atoms with E-state index in [9.17, 15) is 10.2 Å². The van der Waals surface area contributed by atoms with Gasteiger partial charge in [0.25, 0.3) is 0 Å². The molecule has 0 aliphatic rings. The van der Waals surface area contributed by atoms with E-state index in [0.717, 1.165) is 5.56 Å². The quantitative estimate of drug-likeness (QED) is 0.789. The van der Waals surface area contributed by atoms with Crippen LogP contribution < -0.4 is 0 Å². The summed E-state index contributed by atoms with van der Waals surface area (Å²) < 4.78 is 0. The lowest BCUT2D eigenvalue weighted by Gasteiger charge is -2.26. The number of aliphatic hydroxyl groups excluding tert-OH is 1. The highest BCUT2D eigenvalue weighted by Gasteiger charge is 2.26. The summed E-state index contributed by atoms with van der Waals surface area (Å²) in [6, 6.07) is 1.74. The maximum absolute atomic E-state index is 10.1. The van der Waals surface area contributed by atoms with Crippen molar-refractivity contribution in [1.82, 2.24) is 4.98 Å². The largest absolute Gasteiger partial charge is 0.506 e. The molecule has 0 unspecified atom stereocenters. The molecule has 1 aromatic heterocycles. The van der Waals surface area contributed by atoms with Crippen molar-refractivity contribution in [3.05, 3.63) is 23.0 Å². The SMILES string of the molecule is CC(C)(C)c1cc(O)c(C(C)(C)C)nc1CO. The van der Waals surface area contributed by atoms with Gasteiger partial charge in [-0.05, 0) is 17.0 Å². The molecular weight excluding hydrogens is 214 g/mol. The number of aromatic hydroxyl groups is 1. The second-order valence-electron chi connectivity index (χ2n) is 6.51. The minimum Gasteiger partial charge on any atom is -0.506 e. The van der Waals surface area contributed by atoms with Crippen molar-refractivity contribution in [3.8, 4) is 5.75 Å². The van der Waals surface area contributed by atoms with Gasteiger partial charge in [-0.15, -0.1) is 0 Å². The van der Waals surface area contributed by atoms with Gasteiger partial charge >= 0.3 is 0 Å². The van der Waals surface area contributed by atoms with E-state index >= 15 is 0 Å². The molecule has 0 saturated heterocycles. The van der Waals surface area contributed by atoms with Gasteiger partial charge in [0.1, 0.15) is 5.75 Å². The molecule has 96 valence electrons. The van der Waals surface area contributed by atoms with E-state index in [0.29, 0.717) is 11.4 Å².